The van der Waals surface area contributed by atoms with E-state index < -0.39 is 11.9 Å². The number of carbonyl (C=O) groups is 1. The van der Waals surface area contributed by atoms with Crippen LogP contribution in [-0.2, 0) is 4.74 Å². The van der Waals surface area contributed by atoms with Crippen LogP contribution in [0.1, 0.15) is 0 Å². The Hall–Kier alpha value is -2.47. The monoisotopic (exact) mass is 301 g/mol. The summed E-state index contributed by atoms with van der Waals surface area (Å²) in [7, 11) is 1.79. The fraction of sp³-hybridized carbons (Fsp3) is 0.250. The van der Waals surface area contributed by atoms with Crippen LogP contribution in [0.5, 0.6) is 0 Å². The standard InChI is InChI=1S/C16H16FN3O2/c1-18-9-13-10-20(16(21)22-13)12-4-5-14(15(17)7-12)11-3-2-6-19-8-11/h2-8,13,18H,9-10H2,1H3. The molecule has 1 amide bonds. The van der Waals surface area contributed by atoms with Crippen LogP contribution < -0.4 is 10.2 Å². The number of ether oxygens (including phenoxy) is 1. The van der Waals surface area contributed by atoms with Gasteiger partial charge in [-0.15, -0.1) is 0 Å². The molecule has 0 bridgehead atoms. The summed E-state index contributed by atoms with van der Waals surface area (Å²) in [4.78, 5) is 17.3. The number of hydrogen-bond donors (Lipinski definition) is 1. The Morgan fingerprint density at radius 1 is 1.45 bits per heavy atom. The molecule has 1 fully saturated rings. The van der Waals surface area contributed by atoms with Crippen LogP contribution in [0.15, 0.2) is 42.7 Å². The molecule has 22 heavy (non-hydrogen) atoms. The molecule has 6 heteroatoms. The number of benzene rings is 1. The zero-order valence-corrected chi connectivity index (χ0v) is 12.1. The molecule has 1 aromatic heterocycles. The van der Waals surface area contributed by atoms with E-state index in [2.05, 4.69) is 10.3 Å². The van der Waals surface area contributed by atoms with E-state index in [9.17, 15) is 9.18 Å². The highest BCUT2D eigenvalue weighted by Crippen LogP contribution is 2.28. The molecule has 1 unspecified atom stereocenters. The molecule has 1 saturated heterocycles. The van der Waals surface area contributed by atoms with Gasteiger partial charge in [-0.25, -0.2) is 9.18 Å². The van der Waals surface area contributed by atoms with Gasteiger partial charge in [-0.1, -0.05) is 6.07 Å². The van der Waals surface area contributed by atoms with Crippen molar-refractivity contribution in [2.24, 2.45) is 0 Å². The zero-order chi connectivity index (χ0) is 15.5. The van der Waals surface area contributed by atoms with E-state index in [1.807, 2.05) is 0 Å². The van der Waals surface area contributed by atoms with Crippen molar-refractivity contribution in [2.45, 2.75) is 6.10 Å². The van der Waals surface area contributed by atoms with Crippen LogP contribution in [0.25, 0.3) is 11.1 Å². The number of cyclic esters (lactones) is 1. The van der Waals surface area contributed by atoms with Gasteiger partial charge in [-0.05, 0) is 31.3 Å². The third-order valence-electron chi connectivity index (χ3n) is 3.54. The van der Waals surface area contributed by atoms with Gasteiger partial charge in [-0.2, -0.15) is 0 Å². The first-order valence-electron chi connectivity index (χ1n) is 7.01. The molecule has 1 N–H and O–H groups in total. The Labute approximate surface area is 127 Å². The second-order valence-electron chi connectivity index (χ2n) is 5.08. The van der Waals surface area contributed by atoms with Gasteiger partial charge in [-0.3, -0.25) is 9.88 Å². The third kappa shape index (κ3) is 2.78. The summed E-state index contributed by atoms with van der Waals surface area (Å²) in [5.74, 6) is -0.393. The van der Waals surface area contributed by atoms with Crippen molar-refractivity contribution in [2.75, 3.05) is 25.0 Å². The van der Waals surface area contributed by atoms with Gasteiger partial charge < -0.3 is 10.1 Å². The van der Waals surface area contributed by atoms with E-state index >= 15 is 0 Å². The average molecular weight is 301 g/mol. The Morgan fingerprint density at radius 3 is 3.00 bits per heavy atom. The van der Waals surface area contributed by atoms with Crippen molar-refractivity contribution < 1.29 is 13.9 Å². The Kier molecular flexibility index (Phi) is 4.02. The van der Waals surface area contributed by atoms with E-state index in [0.29, 0.717) is 29.9 Å². The van der Waals surface area contributed by atoms with Crippen LogP contribution in [-0.4, -0.2) is 37.3 Å². The number of anilines is 1. The minimum Gasteiger partial charge on any atom is -0.443 e. The van der Waals surface area contributed by atoms with E-state index in [4.69, 9.17) is 4.74 Å². The summed E-state index contributed by atoms with van der Waals surface area (Å²) in [5, 5.41) is 2.96. The molecule has 2 aromatic rings. The van der Waals surface area contributed by atoms with E-state index in [0.717, 1.165) is 0 Å². The van der Waals surface area contributed by atoms with Crippen LogP contribution in [0.3, 0.4) is 0 Å². The molecule has 0 spiro atoms. The van der Waals surface area contributed by atoms with Crippen molar-refractivity contribution in [1.29, 1.82) is 0 Å². The van der Waals surface area contributed by atoms with E-state index in [1.165, 1.54) is 11.0 Å². The Bertz CT molecular complexity index is 678. The SMILES string of the molecule is CNCC1CN(c2ccc(-c3cccnc3)c(F)c2)C(=O)O1. The molecule has 0 aliphatic carbocycles. The number of rotatable bonds is 4. The Morgan fingerprint density at radius 2 is 2.32 bits per heavy atom. The third-order valence-corrected chi connectivity index (χ3v) is 3.54. The molecule has 0 saturated carbocycles. The predicted octanol–water partition coefficient (Wildman–Crippen LogP) is 2.43. The minimum absolute atomic E-state index is 0.224. The van der Waals surface area contributed by atoms with Gasteiger partial charge in [0.2, 0.25) is 0 Å². The van der Waals surface area contributed by atoms with Crippen LogP contribution in [0, 0.1) is 5.82 Å². The lowest BCUT2D eigenvalue weighted by Gasteiger charge is -2.14. The number of nitrogens with one attached hydrogen (secondary N) is 1. The van der Waals surface area contributed by atoms with Crippen molar-refractivity contribution in [3.63, 3.8) is 0 Å². The second-order valence-corrected chi connectivity index (χ2v) is 5.08. The number of halogens is 1. The number of pyridine rings is 1. The van der Waals surface area contributed by atoms with Crippen LogP contribution >= 0.6 is 0 Å². The summed E-state index contributed by atoms with van der Waals surface area (Å²) in [6.45, 7) is 0.976. The summed E-state index contributed by atoms with van der Waals surface area (Å²) >= 11 is 0. The van der Waals surface area contributed by atoms with Gasteiger partial charge >= 0.3 is 6.09 Å². The molecular formula is C16H16FN3O2. The largest absolute Gasteiger partial charge is 0.443 e. The van der Waals surface area contributed by atoms with Crippen LogP contribution in [0.4, 0.5) is 14.9 Å². The first kappa shape index (κ1) is 14.5. The van der Waals surface area contributed by atoms with Crippen molar-refractivity contribution in [3.8, 4) is 11.1 Å². The summed E-state index contributed by atoms with van der Waals surface area (Å²) in [6, 6.07) is 8.27. The molecule has 3 rings (SSSR count). The molecule has 1 atom stereocenters. The van der Waals surface area contributed by atoms with Crippen molar-refractivity contribution >= 4 is 11.8 Å². The first-order chi connectivity index (χ1) is 10.7. The Balaban J connectivity index is 1.85. The summed E-state index contributed by atoms with van der Waals surface area (Å²) in [5.41, 5.74) is 1.65. The lowest BCUT2D eigenvalue weighted by atomic mass is 10.1. The molecule has 1 aliphatic rings. The van der Waals surface area contributed by atoms with Gasteiger partial charge in [0.1, 0.15) is 11.9 Å². The van der Waals surface area contributed by atoms with Crippen molar-refractivity contribution in [1.82, 2.24) is 10.3 Å². The van der Waals surface area contributed by atoms with E-state index in [-0.39, 0.29) is 6.10 Å². The molecule has 114 valence electrons. The number of carbonyl (C=O) groups excluding carboxylic acids is 1. The highest BCUT2D eigenvalue weighted by atomic mass is 19.1. The average Bonchev–Trinajstić information content (AvgIpc) is 2.89. The molecule has 5 nitrogen and oxygen atoms in total. The highest BCUT2D eigenvalue weighted by Gasteiger charge is 2.32. The normalized spacial score (nSPS) is 17.6. The van der Waals surface area contributed by atoms with Crippen LogP contribution in [0.2, 0.25) is 0 Å². The van der Waals surface area contributed by atoms with Gasteiger partial charge in [0.05, 0.1) is 12.2 Å². The molecule has 1 aromatic carbocycles. The zero-order valence-electron chi connectivity index (χ0n) is 12.1. The molecule has 1 aliphatic heterocycles. The quantitative estimate of drug-likeness (QED) is 0.942. The fourth-order valence-corrected chi connectivity index (χ4v) is 2.49. The summed E-state index contributed by atoms with van der Waals surface area (Å²) in [6.07, 6.45) is 2.57. The maximum absolute atomic E-state index is 14.3. The number of amides is 1. The fourth-order valence-electron chi connectivity index (χ4n) is 2.49. The molecule has 2 heterocycles. The maximum Gasteiger partial charge on any atom is 0.414 e. The highest BCUT2D eigenvalue weighted by molar-refractivity contribution is 5.90. The van der Waals surface area contributed by atoms with Gasteiger partial charge in [0, 0.05) is 30.1 Å². The number of likely N-dealkylation sites (N-methyl/N-ethyl adjacent to an activating group) is 1. The molecular weight excluding hydrogens is 285 g/mol. The minimum atomic E-state index is -0.450. The van der Waals surface area contributed by atoms with Gasteiger partial charge in [0.25, 0.3) is 0 Å². The lowest BCUT2D eigenvalue weighted by Crippen LogP contribution is -2.29. The number of aromatic nitrogens is 1. The smallest absolute Gasteiger partial charge is 0.414 e. The second kappa shape index (κ2) is 6.11. The lowest BCUT2D eigenvalue weighted by molar-refractivity contribution is 0.141. The van der Waals surface area contributed by atoms with Crippen molar-refractivity contribution in [3.05, 3.63) is 48.5 Å². The summed E-state index contributed by atoms with van der Waals surface area (Å²) < 4.78 is 19.6. The number of hydrogen-bond acceptors (Lipinski definition) is 4. The topological polar surface area (TPSA) is 54.5 Å². The first-order valence-corrected chi connectivity index (χ1v) is 7.01. The number of nitrogens with zero attached hydrogens (tertiary/aromatic N) is 2. The molecule has 0 radical (unpaired) electrons. The predicted molar refractivity (Wildman–Crippen MR) is 81.2 cm³/mol. The van der Waals surface area contributed by atoms with Gasteiger partial charge in [0.15, 0.2) is 0 Å². The van der Waals surface area contributed by atoms with E-state index in [1.54, 1.807) is 43.7 Å². The maximum atomic E-state index is 14.3.